The summed E-state index contributed by atoms with van der Waals surface area (Å²) < 4.78 is 1.81. The average molecular weight is 321 g/mol. The van der Waals surface area contributed by atoms with Gasteiger partial charge in [0.2, 0.25) is 0 Å². The van der Waals surface area contributed by atoms with Crippen LogP contribution in [0.3, 0.4) is 0 Å². The highest BCUT2D eigenvalue weighted by Gasteiger charge is 2.12. The smallest absolute Gasteiger partial charge is 0.254 e. The maximum absolute atomic E-state index is 11.7. The Labute approximate surface area is 140 Å². The van der Waals surface area contributed by atoms with E-state index in [1.807, 2.05) is 73.3 Å². The second-order valence-electron chi connectivity index (χ2n) is 5.69. The Kier molecular flexibility index (Phi) is 4.67. The van der Waals surface area contributed by atoms with Gasteiger partial charge in [-0.15, -0.1) is 0 Å². The molecule has 1 aromatic carbocycles. The number of hydrazone groups is 1. The average Bonchev–Trinajstić information content (AvgIpc) is 2.94. The summed E-state index contributed by atoms with van der Waals surface area (Å²) in [5.74, 6) is -0.158. The molecular formula is C18H19N5O. The zero-order valence-corrected chi connectivity index (χ0v) is 13.7. The zero-order valence-electron chi connectivity index (χ0n) is 13.7. The van der Waals surface area contributed by atoms with Crippen molar-refractivity contribution in [3.8, 4) is 11.3 Å². The Morgan fingerprint density at radius 3 is 2.71 bits per heavy atom. The van der Waals surface area contributed by atoms with Crippen molar-refractivity contribution < 1.29 is 4.79 Å². The number of hydrogen-bond donors (Lipinski definition) is 1. The third-order valence-corrected chi connectivity index (χ3v) is 3.47. The highest BCUT2D eigenvalue weighted by atomic mass is 16.2. The van der Waals surface area contributed by atoms with E-state index in [-0.39, 0.29) is 12.5 Å². The minimum Gasteiger partial charge on any atom is -0.301 e. The van der Waals surface area contributed by atoms with Crippen molar-refractivity contribution in [1.82, 2.24) is 19.9 Å². The molecule has 3 aromatic rings. The summed E-state index contributed by atoms with van der Waals surface area (Å²) >= 11 is 0. The van der Waals surface area contributed by atoms with Gasteiger partial charge < -0.3 is 4.90 Å². The van der Waals surface area contributed by atoms with E-state index in [0.717, 1.165) is 22.3 Å². The van der Waals surface area contributed by atoms with E-state index in [1.54, 1.807) is 11.1 Å². The van der Waals surface area contributed by atoms with Gasteiger partial charge in [0.05, 0.1) is 18.3 Å². The summed E-state index contributed by atoms with van der Waals surface area (Å²) in [5, 5.41) is 8.73. The first-order valence-electron chi connectivity index (χ1n) is 7.64. The van der Waals surface area contributed by atoms with Gasteiger partial charge in [0.1, 0.15) is 5.69 Å². The molecule has 6 heteroatoms. The lowest BCUT2D eigenvalue weighted by atomic mass is 10.1. The number of benzene rings is 1. The topological polar surface area (TPSA) is 62.0 Å². The molecule has 0 spiro atoms. The second kappa shape index (κ2) is 7.06. The number of carbonyl (C=O) groups is 1. The molecule has 2 heterocycles. The Morgan fingerprint density at radius 2 is 1.96 bits per heavy atom. The second-order valence-corrected chi connectivity index (χ2v) is 5.69. The van der Waals surface area contributed by atoms with Crippen molar-refractivity contribution >= 4 is 17.6 Å². The number of likely N-dealkylation sites (N-methyl/N-ethyl adjacent to an activating group) is 1. The van der Waals surface area contributed by atoms with Crippen LogP contribution in [0.4, 0.5) is 0 Å². The fourth-order valence-corrected chi connectivity index (χ4v) is 2.45. The molecule has 0 aliphatic carbocycles. The lowest BCUT2D eigenvalue weighted by Gasteiger charge is -2.06. The third kappa shape index (κ3) is 3.49. The highest BCUT2D eigenvalue weighted by Crippen LogP contribution is 2.24. The minimum atomic E-state index is -0.158. The largest absolute Gasteiger partial charge is 0.301 e. The normalized spacial score (nSPS) is 11.5. The van der Waals surface area contributed by atoms with Gasteiger partial charge in [0.25, 0.3) is 5.91 Å². The molecule has 1 N–H and O–H groups in total. The Bertz CT molecular complexity index is 868. The van der Waals surface area contributed by atoms with Crippen molar-refractivity contribution in [1.29, 1.82) is 0 Å². The number of hydrogen-bond acceptors (Lipinski definition) is 4. The fourth-order valence-electron chi connectivity index (χ4n) is 2.45. The summed E-state index contributed by atoms with van der Waals surface area (Å²) in [5.41, 5.74) is 6.18. The van der Waals surface area contributed by atoms with Crippen LogP contribution in [-0.4, -0.2) is 47.3 Å². The molecule has 0 radical (unpaired) electrons. The first kappa shape index (κ1) is 15.9. The lowest BCUT2D eigenvalue weighted by molar-refractivity contribution is -0.121. The van der Waals surface area contributed by atoms with Crippen molar-refractivity contribution in [3.05, 3.63) is 60.3 Å². The van der Waals surface area contributed by atoms with E-state index >= 15 is 0 Å². The van der Waals surface area contributed by atoms with Crippen molar-refractivity contribution in [3.63, 3.8) is 0 Å². The number of nitrogens with zero attached hydrogens (tertiary/aromatic N) is 4. The summed E-state index contributed by atoms with van der Waals surface area (Å²) in [6, 6.07) is 15.8. The maximum atomic E-state index is 11.7. The van der Waals surface area contributed by atoms with Gasteiger partial charge in [-0.25, -0.2) is 9.94 Å². The van der Waals surface area contributed by atoms with Gasteiger partial charge in [0.15, 0.2) is 0 Å². The lowest BCUT2D eigenvalue weighted by Crippen LogP contribution is -2.30. The van der Waals surface area contributed by atoms with Crippen LogP contribution < -0.4 is 5.43 Å². The van der Waals surface area contributed by atoms with E-state index in [9.17, 15) is 4.79 Å². The van der Waals surface area contributed by atoms with Gasteiger partial charge in [-0.05, 0) is 26.2 Å². The Balaban J connectivity index is 1.95. The molecule has 122 valence electrons. The molecule has 24 heavy (non-hydrogen) atoms. The molecule has 0 atom stereocenters. The summed E-state index contributed by atoms with van der Waals surface area (Å²) in [6.45, 7) is 0.289. The number of amides is 1. The zero-order chi connectivity index (χ0) is 16.9. The standard InChI is InChI=1S/C18H19N5O/c1-22(2)13-17(24)20-19-12-15-16-10-6-7-11-23(16)21-18(15)14-8-4-3-5-9-14/h3-12H,13H2,1-2H3,(H,20,24). The van der Waals surface area contributed by atoms with E-state index in [2.05, 4.69) is 15.6 Å². The van der Waals surface area contributed by atoms with Crippen molar-refractivity contribution in [2.24, 2.45) is 5.10 Å². The number of nitrogens with one attached hydrogen (secondary N) is 1. The summed E-state index contributed by atoms with van der Waals surface area (Å²) in [7, 11) is 3.67. The number of aromatic nitrogens is 2. The summed E-state index contributed by atoms with van der Waals surface area (Å²) in [6.07, 6.45) is 3.54. The minimum absolute atomic E-state index is 0.158. The van der Waals surface area contributed by atoms with Gasteiger partial charge in [-0.3, -0.25) is 4.79 Å². The van der Waals surface area contributed by atoms with Gasteiger partial charge in [0, 0.05) is 17.3 Å². The van der Waals surface area contributed by atoms with Crippen LogP contribution in [0.25, 0.3) is 16.8 Å². The van der Waals surface area contributed by atoms with Crippen LogP contribution in [0.15, 0.2) is 59.8 Å². The van der Waals surface area contributed by atoms with Crippen LogP contribution in [0.1, 0.15) is 5.56 Å². The molecule has 0 saturated carbocycles. The van der Waals surface area contributed by atoms with E-state index in [4.69, 9.17) is 0 Å². The first-order valence-corrected chi connectivity index (χ1v) is 7.64. The van der Waals surface area contributed by atoms with Crippen molar-refractivity contribution in [2.45, 2.75) is 0 Å². The molecule has 6 nitrogen and oxygen atoms in total. The van der Waals surface area contributed by atoms with Crippen LogP contribution in [0.2, 0.25) is 0 Å². The van der Waals surface area contributed by atoms with Gasteiger partial charge in [-0.2, -0.15) is 10.2 Å². The monoisotopic (exact) mass is 321 g/mol. The van der Waals surface area contributed by atoms with E-state index in [1.165, 1.54) is 0 Å². The highest BCUT2D eigenvalue weighted by molar-refractivity contribution is 5.97. The first-order chi connectivity index (χ1) is 11.6. The van der Waals surface area contributed by atoms with Crippen LogP contribution >= 0.6 is 0 Å². The molecule has 2 aromatic heterocycles. The van der Waals surface area contributed by atoms with Crippen LogP contribution in [0.5, 0.6) is 0 Å². The predicted octanol–water partition coefficient (Wildman–Crippen LogP) is 2.01. The predicted molar refractivity (Wildman–Crippen MR) is 94.9 cm³/mol. The molecule has 1 amide bonds. The molecular weight excluding hydrogens is 302 g/mol. The van der Waals surface area contributed by atoms with E-state index in [0.29, 0.717) is 0 Å². The fraction of sp³-hybridized carbons (Fsp3) is 0.167. The molecule has 0 fully saturated rings. The molecule has 0 aliphatic rings. The number of pyridine rings is 1. The Morgan fingerprint density at radius 1 is 1.21 bits per heavy atom. The molecule has 0 aliphatic heterocycles. The number of fused-ring (bicyclic) bond motifs is 1. The number of carbonyl (C=O) groups excluding carboxylic acids is 1. The Hall–Kier alpha value is -2.99. The SMILES string of the molecule is CN(C)CC(=O)NN=Cc1c(-c2ccccc2)nn2ccccc12. The molecule has 3 rings (SSSR count). The number of rotatable bonds is 5. The summed E-state index contributed by atoms with van der Waals surface area (Å²) in [4.78, 5) is 13.5. The van der Waals surface area contributed by atoms with Crippen molar-refractivity contribution in [2.75, 3.05) is 20.6 Å². The third-order valence-electron chi connectivity index (χ3n) is 3.47. The molecule has 0 saturated heterocycles. The van der Waals surface area contributed by atoms with Gasteiger partial charge >= 0.3 is 0 Å². The van der Waals surface area contributed by atoms with Crippen LogP contribution in [0, 0.1) is 0 Å². The maximum Gasteiger partial charge on any atom is 0.254 e. The van der Waals surface area contributed by atoms with Gasteiger partial charge in [-0.1, -0.05) is 36.4 Å². The molecule has 0 unspecified atom stereocenters. The van der Waals surface area contributed by atoms with Crippen LogP contribution in [-0.2, 0) is 4.79 Å². The quantitative estimate of drug-likeness (QED) is 0.577. The van der Waals surface area contributed by atoms with E-state index < -0.39 is 0 Å². The molecule has 0 bridgehead atoms.